The second-order valence-corrected chi connectivity index (χ2v) is 5.25. The van der Waals surface area contributed by atoms with Crippen molar-refractivity contribution in [1.82, 2.24) is 9.55 Å². The van der Waals surface area contributed by atoms with Gasteiger partial charge in [0.25, 0.3) is 5.56 Å². The molecule has 3 N–H and O–H groups in total. The van der Waals surface area contributed by atoms with Crippen LogP contribution in [-0.2, 0) is 6.54 Å². The molecule has 100 valence electrons. The molecule has 1 heterocycles. The zero-order valence-corrected chi connectivity index (χ0v) is 11.5. The maximum absolute atomic E-state index is 11.8. The van der Waals surface area contributed by atoms with E-state index in [1.165, 1.54) is 16.3 Å². The molecule has 18 heavy (non-hydrogen) atoms. The van der Waals surface area contributed by atoms with E-state index in [0.29, 0.717) is 6.54 Å². The molecule has 0 bridgehead atoms. The quantitative estimate of drug-likeness (QED) is 0.752. The molecule has 1 aromatic rings. The number of nitrogens with zero attached hydrogens (tertiary/aromatic N) is 1. The van der Waals surface area contributed by atoms with Gasteiger partial charge in [0.05, 0.1) is 5.75 Å². The topological polar surface area (TPSA) is 97.9 Å². The lowest BCUT2D eigenvalue weighted by molar-refractivity contribution is 0.102. The summed E-state index contributed by atoms with van der Waals surface area (Å²) < 4.78 is 1.24. The van der Waals surface area contributed by atoms with Crippen LogP contribution in [0.5, 0.6) is 0 Å². The molecule has 0 aliphatic heterocycles. The lowest BCUT2D eigenvalue weighted by atomic mass is 10.2. The Balaban J connectivity index is 3.40. The molecule has 0 spiro atoms. The number of ketones is 1. The summed E-state index contributed by atoms with van der Waals surface area (Å²) in [5.74, 6) is -0.0673. The Morgan fingerprint density at radius 2 is 2.06 bits per heavy atom. The molecule has 0 atom stereocenters. The Labute approximate surface area is 109 Å². The van der Waals surface area contributed by atoms with E-state index in [1.807, 2.05) is 13.8 Å². The summed E-state index contributed by atoms with van der Waals surface area (Å²) >= 11 is 1.30. The van der Waals surface area contributed by atoms with Crippen LogP contribution < -0.4 is 17.0 Å². The average Bonchev–Trinajstić information content (AvgIpc) is 2.24. The summed E-state index contributed by atoms with van der Waals surface area (Å²) in [4.78, 5) is 37.2. The highest BCUT2D eigenvalue weighted by molar-refractivity contribution is 7.99. The lowest BCUT2D eigenvalue weighted by Gasteiger charge is -2.13. The van der Waals surface area contributed by atoms with Crippen LogP contribution in [0.3, 0.4) is 0 Å². The van der Waals surface area contributed by atoms with Crippen molar-refractivity contribution in [1.29, 1.82) is 0 Å². The first-order chi connectivity index (χ1) is 8.38. The number of nitrogen functional groups attached to an aromatic ring is 1. The smallest absolute Gasteiger partial charge is 0.329 e. The number of nitrogens with two attached hydrogens (primary N) is 1. The van der Waals surface area contributed by atoms with Crippen LogP contribution in [0.25, 0.3) is 0 Å². The number of aromatic amines is 1. The second kappa shape index (κ2) is 5.90. The molecule has 0 aliphatic rings. The van der Waals surface area contributed by atoms with Crippen molar-refractivity contribution in [3.8, 4) is 0 Å². The molecule has 0 unspecified atom stereocenters. The molecule has 0 radical (unpaired) electrons. The van der Waals surface area contributed by atoms with Gasteiger partial charge in [0.2, 0.25) is 0 Å². The van der Waals surface area contributed by atoms with Gasteiger partial charge in [0.1, 0.15) is 11.4 Å². The van der Waals surface area contributed by atoms with Crippen LogP contribution in [0.2, 0.25) is 0 Å². The largest absolute Gasteiger partial charge is 0.384 e. The second-order valence-electron chi connectivity index (χ2n) is 4.38. The third-order valence-corrected chi connectivity index (χ3v) is 2.89. The summed E-state index contributed by atoms with van der Waals surface area (Å²) in [6.07, 6.45) is 1.76. The number of carbonyl (C=O) groups is 1. The first kappa shape index (κ1) is 14.6. The number of Topliss-reactive ketones (excluding diaryl/α,β-unsaturated/α-hetero) is 1. The molecule has 1 aromatic heterocycles. The summed E-state index contributed by atoms with van der Waals surface area (Å²) in [5, 5.41) is 0. The number of H-pyrrole nitrogens is 1. The Morgan fingerprint density at radius 3 is 2.56 bits per heavy atom. The summed E-state index contributed by atoms with van der Waals surface area (Å²) in [6.45, 7) is 4.20. The van der Waals surface area contributed by atoms with Crippen molar-refractivity contribution in [2.45, 2.75) is 20.4 Å². The van der Waals surface area contributed by atoms with E-state index in [9.17, 15) is 14.4 Å². The van der Waals surface area contributed by atoms with Gasteiger partial charge in [-0.2, -0.15) is 11.8 Å². The van der Waals surface area contributed by atoms with Gasteiger partial charge in [-0.25, -0.2) is 4.79 Å². The van der Waals surface area contributed by atoms with Gasteiger partial charge >= 0.3 is 5.69 Å². The molecule has 6 nitrogen and oxygen atoms in total. The Morgan fingerprint density at radius 1 is 1.44 bits per heavy atom. The highest BCUT2D eigenvalue weighted by Gasteiger charge is 2.18. The van der Waals surface area contributed by atoms with Crippen LogP contribution in [0.4, 0.5) is 5.82 Å². The fourth-order valence-electron chi connectivity index (χ4n) is 1.61. The van der Waals surface area contributed by atoms with Crippen LogP contribution in [0, 0.1) is 5.92 Å². The minimum atomic E-state index is -0.712. The molecule has 0 aromatic carbocycles. The zero-order chi connectivity index (χ0) is 13.9. The van der Waals surface area contributed by atoms with Gasteiger partial charge in [0.15, 0.2) is 5.78 Å². The normalized spacial score (nSPS) is 10.9. The van der Waals surface area contributed by atoms with Gasteiger partial charge in [-0.15, -0.1) is 0 Å². The van der Waals surface area contributed by atoms with Crippen LogP contribution >= 0.6 is 11.8 Å². The van der Waals surface area contributed by atoms with E-state index in [4.69, 9.17) is 5.73 Å². The van der Waals surface area contributed by atoms with E-state index in [1.54, 1.807) is 6.26 Å². The first-order valence-electron chi connectivity index (χ1n) is 5.53. The highest BCUT2D eigenvalue weighted by Crippen LogP contribution is 2.09. The standard InChI is InChI=1S/C11H17N3O3S/c1-6(2)4-14-9(12)8(7(15)5-18-3)10(16)13-11(14)17/h6H,4-5,12H2,1-3H3,(H,13,16,17). The van der Waals surface area contributed by atoms with E-state index >= 15 is 0 Å². The van der Waals surface area contributed by atoms with E-state index in [0.717, 1.165) is 0 Å². The Bertz CT molecular complexity index is 560. The van der Waals surface area contributed by atoms with Crippen LogP contribution in [0.1, 0.15) is 24.2 Å². The average molecular weight is 271 g/mol. The zero-order valence-electron chi connectivity index (χ0n) is 10.6. The number of rotatable bonds is 5. The van der Waals surface area contributed by atoms with Crippen molar-refractivity contribution >= 4 is 23.4 Å². The van der Waals surface area contributed by atoms with E-state index < -0.39 is 11.2 Å². The Hall–Kier alpha value is -1.50. The summed E-state index contributed by atoms with van der Waals surface area (Å²) in [5.41, 5.74) is 4.37. The molecular weight excluding hydrogens is 254 g/mol. The summed E-state index contributed by atoms with van der Waals surface area (Å²) in [7, 11) is 0. The SMILES string of the molecule is CSCC(=O)c1c(N)n(CC(C)C)c(=O)[nH]c1=O. The molecule has 7 heteroatoms. The Kier molecular flexibility index (Phi) is 4.77. The minimum Gasteiger partial charge on any atom is -0.384 e. The van der Waals surface area contributed by atoms with Gasteiger partial charge in [0, 0.05) is 6.54 Å². The van der Waals surface area contributed by atoms with Crippen molar-refractivity contribution in [2.75, 3.05) is 17.7 Å². The fourth-order valence-corrected chi connectivity index (χ4v) is 2.01. The highest BCUT2D eigenvalue weighted by atomic mass is 32.2. The third kappa shape index (κ3) is 3.04. The van der Waals surface area contributed by atoms with E-state index in [-0.39, 0.29) is 28.8 Å². The molecule has 0 saturated heterocycles. The third-order valence-electron chi connectivity index (χ3n) is 2.34. The first-order valence-corrected chi connectivity index (χ1v) is 6.92. The predicted octanol–water partition coefficient (Wildman–Crippen LogP) is 0.320. The number of carbonyl (C=O) groups excluding carboxylic acids is 1. The number of anilines is 1. The molecule has 0 amide bonds. The number of hydrogen-bond donors (Lipinski definition) is 2. The number of hydrogen-bond acceptors (Lipinski definition) is 5. The molecule has 0 aliphatic carbocycles. The van der Waals surface area contributed by atoms with Gasteiger partial charge in [-0.3, -0.25) is 19.1 Å². The number of aromatic nitrogens is 2. The van der Waals surface area contributed by atoms with Crippen molar-refractivity contribution < 1.29 is 4.79 Å². The van der Waals surface area contributed by atoms with Crippen molar-refractivity contribution in [2.24, 2.45) is 5.92 Å². The van der Waals surface area contributed by atoms with Gasteiger partial charge in [-0.05, 0) is 12.2 Å². The van der Waals surface area contributed by atoms with Crippen molar-refractivity contribution in [3.05, 3.63) is 26.4 Å². The molecule has 0 saturated carbocycles. The van der Waals surface area contributed by atoms with Crippen molar-refractivity contribution in [3.63, 3.8) is 0 Å². The van der Waals surface area contributed by atoms with Crippen LogP contribution in [-0.4, -0.2) is 27.3 Å². The van der Waals surface area contributed by atoms with Gasteiger partial charge in [-0.1, -0.05) is 13.8 Å². The van der Waals surface area contributed by atoms with Gasteiger partial charge < -0.3 is 5.73 Å². The molecule has 1 rings (SSSR count). The maximum atomic E-state index is 11.8. The molecular formula is C11H17N3O3S. The van der Waals surface area contributed by atoms with Crippen LogP contribution in [0.15, 0.2) is 9.59 Å². The minimum absolute atomic E-state index is 0.0449. The van der Waals surface area contributed by atoms with E-state index in [2.05, 4.69) is 4.98 Å². The number of thioether (sulfide) groups is 1. The monoisotopic (exact) mass is 271 g/mol. The fraction of sp³-hybridized carbons (Fsp3) is 0.545. The maximum Gasteiger partial charge on any atom is 0.329 e. The number of nitrogens with one attached hydrogen (secondary N) is 1. The predicted molar refractivity (Wildman–Crippen MR) is 73.3 cm³/mol. The molecule has 0 fully saturated rings. The summed E-state index contributed by atoms with van der Waals surface area (Å²) in [6, 6.07) is 0. The lowest BCUT2D eigenvalue weighted by Crippen LogP contribution is -2.37.